The summed E-state index contributed by atoms with van der Waals surface area (Å²) in [5.74, 6) is 0.618. The van der Waals surface area contributed by atoms with E-state index in [0.717, 1.165) is 18.7 Å². The van der Waals surface area contributed by atoms with E-state index in [1.807, 2.05) is 6.92 Å². The molecule has 0 radical (unpaired) electrons. The van der Waals surface area contributed by atoms with E-state index in [1.54, 1.807) is 21.7 Å². The molecule has 2 aliphatic rings. The molecule has 11 nitrogen and oxygen atoms in total. The van der Waals surface area contributed by atoms with Crippen LogP contribution in [0.1, 0.15) is 30.1 Å². The highest BCUT2D eigenvalue weighted by atomic mass is 32.2. The van der Waals surface area contributed by atoms with Gasteiger partial charge in [-0.15, -0.1) is 5.10 Å². The lowest BCUT2D eigenvalue weighted by Crippen LogP contribution is -2.49. The summed E-state index contributed by atoms with van der Waals surface area (Å²) in [5.41, 5.74) is 1.85. The number of hydrogen-bond acceptors (Lipinski definition) is 8. The van der Waals surface area contributed by atoms with Gasteiger partial charge in [-0.3, -0.25) is 4.79 Å². The lowest BCUT2D eigenvalue weighted by Gasteiger charge is -2.35. The number of sulfonamides is 1. The monoisotopic (exact) mass is 470 g/mol. The number of rotatable bonds is 5. The van der Waals surface area contributed by atoms with Gasteiger partial charge in [-0.1, -0.05) is 5.21 Å². The Morgan fingerprint density at radius 1 is 0.970 bits per heavy atom. The molecule has 2 fully saturated rings. The largest absolute Gasteiger partial charge is 0.351 e. The molecule has 0 bridgehead atoms. The lowest BCUT2D eigenvalue weighted by atomic mass is 10.2. The van der Waals surface area contributed by atoms with Gasteiger partial charge in [0.1, 0.15) is 6.33 Å². The Labute approximate surface area is 192 Å². The Kier molecular flexibility index (Phi) is 5.71. The van der Waals surface area contributed by atoms with Crippen LogP contribution in [-0.4, -0.2) is 87.8 Å². The van der Waals surface area contributed by atoms with Gasteiger partial charge in [0.25, 0.3) is 5.91 Å². The Hall–Kier alpha value is -3.12. The Bertz CT molecular complexity index is 1260. The normalized spacial score (nSPS) is 17.7. The molecule has 2 aliphatic heterocycles. The molecule has 2 aromatic heterocycles. The molecule has 1 amide bonds. The topological polar surface area (TPSA) is 117 Å². The van der Waals surface area contributed by atoms with Gasteiger partial charge in [-0.05, 0) is 44.0 Å². The molecule has 2 saturated heterocycles. The zero-order chi connectivity index (χ0) is 23.0. The van der Waals surface area contributed by atoms with Crippen LogP contribution in [0.5, 0.6) is 0 Å². The van der Waals surface area contributed by atoms with Crippen molar-refractivity contribution in [2.24, 2.45) is 0 Å². The maximum atomic E-state index is 13.0. The smallest absolute Gasteiger partial charge is 0.253 e. The average Bonchev–Trinajstić information content (AvgIpc) is 3.54. The van der Waals surface area contributed by atoms with Gasteiger partial charge < -0.3 is 9.80 Å². The van der Waals surface area contributed by atoms with Gasteiger partial charge in [0, 0.05) is 51.4 Å². The highest BCUT2D eigenvalue weighted by Crippen LogP contribution is 2.24. The average molecular weight is 471 g/mol. The third kappa shape index (κ3) is 3.93. The summed E-state index contributed by atoms with van der Waals surface area (Å²) in [4.78, 5) is 25.8. The molecule has 0 N–H and O–H groups in total. The number of benzene rings is 1. The Morgan fingerprint density at radius 3 is 2.33 bits per heavy atom. The van der Waals surface area contributed by atoms with Gasteiger partial charge in [0.2, 0.25) is 10.0 Å². The highest BCUT2D eigenvalue weighted by molar-refractivity contribution is 7.89. The van der Waals surface area contributed by atoms with Crippen LogP contribution in [0.2, 0.25) is 0 Å². The minimum Gasteiger partial charge on any atom is -0.351 e. The summed E-state index contributed by atoms with van der Waals surface area (Å²) in [6, 6.07) is 6.28. The minimum atomic E-state index is -3.49. The third-order valence-corrected chi connectivity index (χ3v) is 8.16. The lowest BCUT2D eigenvalue weighted by molar-refractivity contribution is 0.0746. The van der Waals surface area contributed by atoms with Crippen molar-refractivity contribution in [3.05, 3.63) is 36.2 Å². The van der Waals surface area contributed by atoms with Gasteiger partial charge in [0.05, 0.1) is 4.90 Å². The first-order valence-electron chi connectivity index (χ1n) is 11.2. The summed E-state index contributed by atoms with van der Waals surface area (Å²) in [6.45, 7) is 6.04. The molecule has 174 valence electrons. The second-order valence-electron chi connectivity index (χ2n) is 8.19. The molecule has 0 aliphatic carbocycles. The Morgan fingerprint density at radius 2 is 1.67 bits per heavy atom. The van der Waals surface area contributed by atoms with Crippen molar-refractivity contribution < 1.29 is 13.2 Å². The van der Waals surface area contributed by atoms with Gasteiger partial charge >= 0.3 is 0 Å². The van der Waals surface area contributed by atoms with Crippen LogP contribution in [0, 0.1) is 0 Å². The van der Waals surface area contributed by atoms with Gasteiger partial charge in [0.15, 0.2) is 17.0 Å². The van der Waals surface area contributed by atoms with Crippen molar-refractivity contribution in [2.75, 3.05) is 44.2 Å². The van der Waals surface area contributed by atoms with E-state index in [0.29, 0.717) is 62.5 Å². The molecule has 0 atom stereocenters. The molecule has 33 heavy (non-hydrogen) atoms. The number of aryl methyl sites for hydroxylation is 1. The standard InChI is InChI=1S/C21H26N8O3S/c1-2-29-20-18(24-25-29)19(22-15-23-20)26-11-13-27(14-12-26)21(30)16-5-7-17(8-6-16)33(31,32)28-9-3-4-10-28/h5-8,15H,2-4,9-14H2,1H3. The number of fused-ring (bicyclic) bond motifs is 1. The summed E-state index contributed by atoms with van der Waals surface area (Å²) < 4.78 is 28.6. The summed E-state index contributed by atoms with van der Waals surface area (Å²) in [5, 5.41) is 8.36. The summed E-state index contributed by atoms with van der Waals surface area (Å²) >= 11 is 0. The minimum absolute atomic E-state index is 0.107. The predicted molar refractivity (Wildman–Crippen MR) is 121 cm³/mol. The summed E-state index contributed by atoms with van der Waals surface area (Å²) in [6.07, 6.45) is 3.29. The number of piperazine rings is 1. The molecule has 0 unspecified atom stereocenters. The van der Waals surface area contributed by atoms with Crippen LogP contribution in [0.15, 0.2) is 35.5 Å². The second kappa shape index (κ2) is 8.67. The van der Waals surface area contributed by atoms with E-state index < -0.39 is 10.0 Å². The van der Waals surface area contributed by atoms with Crippen LogP contribution in [0.25, 0.3) is 11.2 Å². The van der Waals surface area contributed by atoms with Crippen molar-refractivity contribution >= 4 is 32.9 Å². The zero-order valence-electron chi connectivity index (χ0n) is 18.5. The van der Waals surface area contributed by atoms with E-state index in [1.165, 1.54) is 22.8 Å². The molecule has 12 heteroatoms. The maximum Gasteiger partial charge on any atom is 0.253 e. The number of carbonyl (C=O) groups excluding carboxylic acids is 1. The molecule has 0 spiro atoms. The fourth-order valence-corrected chi connectivity index (χ4v) is 5.89. The number of carbonyl (C=O) groups is 1. The van der Waals surface area contributed by atoms with E-state index in [4.69, 9.17) is 0 Å². The van der Waals surface area contributed by atoms with Gasteiger partial charge in [-0.2, -0.15) is 4.31 Å². The van der Waals surface area contributed by atoms with E-state index >= 15 is 0 Å². The first-order valence-corrected chi connectivity index (χ1v) is 12.6. The molecule has 0 saturated carbocycles. The molecular formula is C21H26N8O3S. The quantitative estimate of drug-likeness (QED) is 0.542. The van der Waals surface area contributed by atoms with Crippen molar-refractivity contribution in [1.82, 2.24) is 34.2 Å². The van der Waals surface area contributed by atoms with Crippen LogP contribution in [-0.2, 0) is 16.6 Å². The van der Waals surface area contributed by atoms with Crippen LogP contribution in [0.4, 0.5) is 5.82 Å². The van der Waals surface area contributed by atoms with Crippen molar-refractivity contribution in [1.29, 1.82) is 0 Å². The number of nitrogens with zero attached hydrogens (tertiary/aromatic N) is 8. The summed E-state index contributed by atoms with van der Waals surface area (Å²) in [7, 11) is -3.49. The van der Waals surface area contributed by atoms with Crippen molar-refractivity contribution in [3.63, 3.8) is 0 Å². The van der Waals surface area contributed by atoms with Crippen LogP contribution >= 0.6 is 0 Å². The van der Waals surface area contributed by atoms with Crippen molar-refractivity contribution in [2.45, 2.75) is 31.2 Å². The predicted octanol–water partition coefficient (Wildman–Crippen LogP) is 0.988. The van der Waals surface area contributed by atoms with Crippen LogP contribution < -0.4 is 4.90 Å². The van der Waals surface area contributed by atoms with E-state index in [2.05, 4.69) is 25.2 Å². The second-order valence-corrected chi connectivity index (χ2v) is 10.1. The molecule has 1 aromatic carbocycles. The third-order valence-electron chi connectivity index (χ3n) is 6.25. The zero-order valence-corrected chi connectivity index (χ0v) is 19.3. The van der Waals surface area contributed by atoms with Gasteiger partial charge in [-0.25, -0.2) is 23.1 Å². The van der Waals surface area contributed by atoms with E-state index in [-0.39, 0.29) is 10.8 Å². The molecule has 4 heterocycles. The SMILES string of the molecule is CCn1nnc2c(N3CCN(C(=O)c4ccc(S(=O)(=O)N5CCCC5)cc4)CC3)ncnc21. The Balaban J connectivity index is 1.26. The number of amides is 1. The fourth-order valence-electron chi connectivity index (χ4n) is 4.38. The fraction of sp³-hybridized carbons (Fsp3) is 0.476. The first-order chi connectivity index (χ1) is 16.0. The van der Waals surface area contributed by atoms with Crippen LogP contribution in [0.3, 0.4) is 0 Å². The maximum absolute atomic E-state index is 13.0. The molecule has 5 rings (SSSR count). The highest BCUT2D eigenvalue weighted by Gasteiger charge is 2.28. The number of anilines is 1. The number of hydrogen-bond donors (Lipinski definition) is 0. The van der Waals surface area contributed by atoms with E-state index in [9.17, 15) is 13.2 Å². The molecule has 3 aromatic rings. The van der Waals surface area contributed by atoms with Crippen molar-refractivity contribution in [3.8, 4) is 0 Å². The number of aromatic nitrogens is 5. The first kappa shape index (κ1) is 21.7. The molecular weight excluding hydrogens is 444 g/mol.